The van der Waals surface area contributed by atoms with Crippen LogP contribution in [0.1, 0.15) is 23.2 Å². The molecule has 2 heterocycles. The van der Waals surface area contributed by atoms with Gasteiger partial charge in [0.1, 0.15) is 0 Å². The van der Waals surface area contributed by atoms with Crippen molar-refractivity contribution >= 4 is 15.9 Å². The molecule has 7 nitrogen and oxygen atoms in total. The predicted octanol–water partition coefficient (Wildman–Crippen LogP) is 0.543. The third kappa shape index (κ3) is 5.03. The number of sulfonamides is 1. The van der Waals surface area contributed by atoms with Crippen molar-refractivity contribution in [1.29, 1.82) is 0 Å². The number of carbonyl (C=O) groups excluding carboxylic acids is 1. The Morgan fingerprint density at radius 1 is 1.15 bits per heavy atom. The van der Waals surface area contributed by atoms with E-state index in [2.05, 4.69) is 9.62 Å². The lowest BCUT2D eigenvalue weighted by Gasteiger charge is -2.33. The molecule has 2 aliphatic rings. The number of amides is 1. The van der Waals surface area contributed by atoms with Gasteiger partial charge in [-0.15, -0.1) is 0 Å². The molecule has 1 aromatic rings. The van der Waals surface area contributed by atoms with E-state index >= 15 is 0 Å². The first-order chi connectivity index (χ1) is 12.6. The maximum atomic E-state index is 12.6. The van der Waals surface area contributed by atoms with E-state index in [1.807, 2.05) is 18.2 Å². The van der Waals surface area contributed by atoms with Gasteiger partial charge in [0.05, 0.1) is 18.5 Å². The van der Waals surface area contributed by atoms with Crippen molar-refractivity contribution in [3.8, 4) is 0 Å². The average Bonchev–Trinajstić information content (AvgIpc) is 2.69. The molecular weight excluding hydrogens is 354 g/mol. The van der Waals surface area contributed by atoms with Gasteiger partial charge in [-0.05, 0) is 25.0 Å². The van der Waals surface area contributed by atoms with Gasteiger partial charge in [0.15, 0.2) is 0 Å². The maximum Gasteiger partial charge on any atom is 0.253 e. The van der Waals surface area contributed by atoms with Crippen LogP contribution in [0.15, 0.2) is 30.3 Å². The second-order valence-electron chi connectivity index (χ2n) is 6.77. The molecule has 1 atom stereocenters. The number of carbonyl (C=O) groups is 1. The first-order valence-electron chi connectivity index (χ1n) is 9.19. The van der Waals surface area contributed by atoms with Crippen molar-refractivity contribution in [2.45, 2.75) is 18.1 Å². The summed E-state index contributed by atoms with van der Waals surface area (Å²) in [5.74, 6) is -0.0983. The summed E-state index contributed by atoms with van der Waals surface area (Å²) in [6, 6.07) is 9.03. The largest absolute Gasteiger partial charge is 0.379 e. The van der Waals surface area contributed by atoms with E-state index in [1.54, 1.807) is 17.0 Å². The third-order valence-electron chi connectivity index (χ3n) is 4.96. The van der Waals surface area contributed by atoms with E-state index in [-0.39, 0.29) is 12.5 Å². The zero-order chi connectivity index (χ0) is 18.4. The molecule has 0 aliphatic carbocycles. The number of nitrogens with zero attached hydrogens (tertiary/aromatic N) is 2. The van der Waals surface area contributed by atoms with E-state index in [0.717, 1.165) is 13.1 Å². The summed E-state index contributed by atoms with van der Waals surface area (Å²) >= 11 is 0. The molecule has 0 saturated carbocycles. The zero-order valence-electron chi connectivity index (χ0n) is 15.0. The molecular formula is C18H27N3O4S. The minimum atomic E-state index is -3.43. The number of rotatable bonds is 6. The smallest absolute Gasteiger partial charge is 0.253 e. The van der Waals surface area contributed by atoms with E-state index in [0.29, 0.717) is 51.3 Å². The molecule has 1 amide bonds. The van der Waals surface area contributed by atoms with Crippen molar-refractivity contribution in [2.75, 3.05) is 52.5 Å². The Hall–Kier alpha value is -1.48. The molecule has 2 saturated heterocycles. The quantitative estimate of drug-likeness (QED) is 0.778. The van der Waals surface area contributed by atoms with Crippen LogP contribution in [-0.4, -0.2) is 81.9 Å². The van der Waals surface area contributed by atoms with Crippen molar-refractivity contribution in [2.24, 2.45) is 0 Å². The molecule has 0 radical (unpaired) electrons. The summed E-state index contributed by atoms with van der Waals surface area (Å²) in [4.78, 5) is 16.4. The van der Waals surface area contributed by atoms with Crippen LogP contribution in [0.4, 0.5) is 0 Å². The minimum absolute atomic E-state index is 0.0983. The number of morpholine rings is 1. The molecule has 26 heavy (non-hydrogen) atoms. The summed E-state index contributed by atoms with van der Waals surface area (Å²) in [6.45, 7) is 5.01. The number of benzene rings is 1. The highest BCUT2D eigenvalue weighted by Gasteiger charge is 2.32. The van der Waals surface area contributed by atoms with Crippen molar-refractivity contribution in [3.63, 3.8) is 0 Å². The fourth-order valence-corrected chi connectivity index (χ4v) is 4.89. The van der Waals surface area contributed by atoms with Crippen LogP contribution in [0, 0.1) is 0 Å². The number of piperidine rings is 1. The topological polar surface area (TPSA) is 79.0 Å². The molecule has 1 aromatic carbocycles. The van der Waals surface area contributed by atoms with Gasteiger partial charge in [0.25, 0.3) is 5.91 Å². The van der Waals surface area contributed by atoms with Gasteiger partial charge < -0.3 is 9.64 Å². The van der Waals surface area contributed by atoms with E-state index < -0.39 is 15.3 Å². The molecule has 0 aromatic heterocycles. The van der Waals surface area contributed by atoms with Gasteiger partial charge in [0.2, 0.25) is 10.0 Å². The molecule has 144 valence electrons. The van der Waals surface area contributed by atoms with Crippen molar-refractivity contribution in [3.05, 3.63) is 35.9 Å². The SMILES string of the molecule is O=C(c1ccccc1)N1CCC[C@H](S(=O)(=O)NCCN2CCOCC2)C1. The maximum absolute atomic E-state index is 12.6. The number of hydrogen-bond acceptors (Lipinski definition) is 5. The van der Waals surface area contributed by atoms with Gasteiger partial charge in [0, 0.05) is 44.8 Å². The molecule has 3 rings (SSSR count). The Balaban J connectivity index is 1.53. The van der Waals surface area contributed by atoms with Crippen LogP contribution in [0.25, 0.3) is 0 Å². The standard InChI is InChI=1S/C18H27N3O4S/c22-18(16-5-2-1-3-6-16)21-9-4-7-17(15-21)26(23,24)19-8-10-20-11-13-25-14-12-20/h1-3,5-6,17,19H,4,7-15H2/t17-/m0/s1. The number of hydrogen-bond donors (Lipinski definition) is 1. The summed E-state index contributed by atoms with van der Waals surface area (Å²) < 4.78 is 33.3. The van der Waals surface area contributed by atoms with E-state index in [4.69, 9.17) is 4.74 Å². The van der Waals surface area contributed by atoms with Gasteiger partial charge in [-0.1, -0.05) is 18.2 Å². The summed E-state index contributed by atoms with van der Waals surface area (Å²) in [5, 5.41) is -0.548. The number of ether oxygens (including phenoxy) is 1. The van der Waals surface area contributed by atoms with Crippen LogP contribution >= 0.6 is 0 Å². The monoisotopic (exact) mass is 381 g/mol. The minimum Gasteiger partial charge on any atom is -0.379 e. The molecule has 0 unspecified atom stereocenters. The zero-order valence-corrected chi connectivity index (χ0v) is 15.8. The number of likely N-dealkylation sites (tertiary alicyclic amines) is 1. The number of nitrogens with one attached hydrogen (secondary N) is 1. The molecule has 0 bridgehead atoms. The molecule has 2 aliphatic heterocycles. The highest BCUT2D eigenvalue weighted by molar-refractivity contribution is 7.90. The Morgan fingerprint density at radius 2 is 1.88 bits per heavy atom. The normalized spacial score (nSPS) is 22.3. The Morgan fingerprint density at radius 3 is 2.62 bits per heavy atom. The van der Waals surface area contributed by atoms with E-state index in [1.165, 1.54) is 0 Å². The van der Waals surface area contributed by atoms with Crippen LogP contribution in [0.3, 0.4) is 0 Å². The van der Waals surface area contributed by atoms with Gasteiger partial charge >= 0.3 is 0 Å². The lowest BCUT2D eigenvalue weighted by molar-refractivity contribution is 0.0390. The van der Waals surface area contributed by atoms with Crippen LogP contribution in [0.2, 0.25) is 0 Å². The first kappa shape index (κ1) is 19.3. The highest BCUT2D eigenvalue weighted by atomic mass is 32.2. The predicted molar refractivity (Wildman–Crippen MR) is 99.5 cm³/mol. The Labute approximate surface area is 155 Å². The highest BCUT2D eigenvalue weighted by Crippen LogP contribution is 2.18. The summed E-state index contributed by atoms with van der Waals surface area (Å²) in [5.41, 5.74) is 0.603. The summed E-state index contributed by atoms with van der Waals surface area (Å²) in [6.07, 6.45) is 1.29. The van der Waals surface area contributed by atoms with Gasteiger partial charge in [-0.2, -0.15) is 0 Å². The summed E-state index contributed by atoms with van der Waals surface area (Å²) in [7, 11) is -3.43. The van der Waals surface area contributed by atoms with Crippen molar-refractivity contribution in [1.82, 2.24) is 14.5 Å². The fraction of sp³-hybridized carbons (Fsp3) is 0.611. The molecule has 1 N–H and O–H groups in total. The van der Waals surface area contributed by atoms with Crippen LogP contribution in [0.5, 0.6) is 0 Å². The third-order valence-corrected chi connectivity index (χ3v) is 6.83. The second kappa shape index (κ2) is 8.94. The fourth-order valence-electron chi connectivity index (χ4n) is 3.43. The lowest BCUT2D eigenvalue weighted by atomic mass is 10.1. The van der Waals surface area contributed by atoms with E-state index in [9.17, 15) is 13.2 Å². The lowest BCUT2D eigenvalue weighted by Crippen LogP contribution is -2.49. The molecule has 0 spiro atoms. The van der Waals surface area contributed by atoms with Crippen LogP contribution in [-0.2, 0) is 14.8 Å². The Kier molecular flexibility index (Phi) is 6.63. The van der Waals surface area contributed by atoms with Gasteiger partial charge in [-0.25, -0.2) is 13.1 Å². The first-order valence-corrected chi connectivity index (χ1v) is 10.7. The molecule has 8 heteroatoms. The average molecular weight is 381 g/mol. The van der Waals surface area contributed by atoms with Crippen LogP contribution < -0.4 is 4.72 Å². The molecule has 2 fully saturated rings. The Bertz CT molecular complexity index is 690. The van der Waals surface area contributed by atoms with Crippen molar-refractivity contribution < 1.29 is 17.9 Å². The van der Waals surface area contributed by atoms with Gasteiger partial charge in [-0.3, -0.25) is 9.69 Å². The second-order valence-corrected chi connectivity index (χ2v) is 8.82.